The number of nitrogens with two attached hydrogens (primary N) is 1. The molecule has 8 heteroatoms. The van der Waals surface area contributed by atoms with Gasteiger partial charge in [-0.05, 0) is 18.2 Å². The Morgan fingerprint density at radius 3 is 2.96 bits per heavy atom. The van der Waals surface area contributed by atoms with E-state index in [9.17, 15) is 14.9 Å². The van der Waals surface area contributed by atoms with Crippen molar-refractivity contribution in [2.75, 3.05) is 23.3 Å². The van der Waals surface area contributed by atoms with Gasteiger partial charge in [-0.1, -0.05) is 6.07 Å². The summed E-state index contributed by atoms with van der Waals surface area (Å²) in [7, 11) is 0. The summed E-state index contributed by atoms with van der Waals surface area (Å²) in [6.07, 6.45) is 0. The second-order valence-corrected chi connectivity index (χ2v) is 5.61. The van der Waals surface area contributed by atoms with Crippen molar-refractivity contribution in [3.63, 3.8) is 0 Å². The first-order valence-electron chi connectivity index (χ1n) is 7.20. The second-order valence-electron chi connectivity index (χ2n) is 5.61. The van der Waals surface area contributed by atoms with Gasteiger partial charge in [-0.2, -0.15) is 0 Å². The number of primary amides is 1. The van der Waals surface area contributed by atoms with Crippen LogP contribution in [0.1, 0.15) is 16.4 Å². The Hall–Kier alpha value is -3.16. The van der Waals surface area contributed by atoms with Crippen LogP contribution in [0.3, 0.4) is 0 Å². The van der Waals surface area contributed by atoms with E-state index >= 15 is 0 Å². The fourth-order valence-electron chi connectivity index (χ4n) is 3.28. The number of anilines is 3. The monoisotopic (exact) mass is 312 g/mol. The van der Waals surface area contributed by atoms with E-state index in [1.54, 1.807) is 24.3 Å². The maximum absolute atomic E-state index is 11.4. The Morgan fingerprint density at radius 1 is 1.39 bits per heavy atom. The summed E-state index contributed by atoms with van der Waals surface area (Å²) >= 11 is 0. The van der Waals surface area contributed by atoms with Crippen LogP contribution in [0.2, 0.25) is 0 Å². The molecule has 4 rings (SSSR count). The summed E-state index contributed by atoms with van der Waals surface area (Å²) in [4.78, 5) is 24.2. The summed E-state index contributed by atoms with van der Waals surface area (Å²) in [5.41, 5.74) is 6.70. The Balaban J connectivity index is 1.82. The van der Waals surface area contributed by atoms with Crippen molar-refractivity contribution in [3.8, 4) is 0 Å². The molecule has 1 atom stereocenters. The first-order chi connectivity index (χ1) is 11.1. The van der Waals surface area contributed by atoms with Crippen molar-refractivity contribution in [2.24, 2.45) is 5.73 Å². The minimum Gasteiger partial charge on any atom is -0.366 e. The van der Waals surface area contributed by atoms with E-state index in [4.69, 9.17) is 5.73 Å². The summed E-state index contributed by atoms with van der Waals surface area (Å²) < 4.78 is 1.95. The molecule has 0 saturated carbocycles. The van der Waals surface area contributed by atoms with Crippen LogP contribution in [-0.2, 0) is 0 Å². The third-order valence-electron chi connectivity index (χ3n) is 4.30. The lowest BCUT2D eigenvalue weighted by atomic mass is 10.1. The topological polar surface area (TPSA) is 105 Å². The number of rotatable bonds is 3. The smallest absolute Gasteiger partial charge is 0.341 e. The van der Waals surface area contributed by atoms with E-state index in [-0.39, 0.29) is 16.7 Å². The van der Waals surface area contributed by atoms with Gasteiger partial charge in [0.25, 0.3) is 0 Å². The molecular formula is C15H14N5O3+. The number of aromatic nitrogens is 1. The number of amides is 1. The number of benzene rings is 1. The number of nitrogens with zero attached hydrogens (tertiary/aromatic N) is 3. The molecule has 3 heterocycles. The summed E-state index contributed by atoms with van der Waals surface area (Å²) in [5, 5.41) is 14.3. The Labute approximate surface area is 131 Å². The maximum atomic E-state index is 11.4. The molecule has 0 aliphatic carbocycles. The molecule has 0 saturated heterocycles. The quantitative estimate of drug-likeness (QED) is 0.501. The summed E-state index contributed by atoms with van der Waals surface area (Å²) in [5.74, 6) is 0.918. The molecular weight excluding hydrogens is 298 g/mol. The molecule has 0 radical (unpaired) electrons. The van der Waals surface area contributed by atoms with Crippen LogP contribution in [0, 0.1) is 10.1 Å². The highest BCUT2D eigenvalue weighted by atomic mass is 16.6. The van der Waals surface area contributed by atoms with Gasteiger partial charge in [-0.3, -0.25) is 25.1 Å². The zero-order chi connectivity index (χ0) is 16.1. The Kier molecular flexibility index (Phi) is 2.74. The fourth-order valence-corrected chi connectivity index (χ4v) is 3.28. The van der Waals surface area contributed by atoms with Crippen molar-refractivity contribution in [1.29, 1.82) is 0 Å². The van der Waals surface area contributed by atoms with Crippen LogP contribution >= 0.6 is 0 Å². The first-order valence-corrected chi connectivity index (χ1v) is 7.20. The molecule has 1 aromatic carbocycles. The number of hydrogen-bond acceptors (Lipinski definition) is 5. The number of pyridine rings is 1. The van der Waals surface area contributed by atoms with Gasteiger partial charge >= 0.3 is 11.5 Å². The lowest BCUT2D eigenvalue weighted by molar-refractivity contribution is -0.672. The Morgan fingerprint density at radius 2 is 2.22 bits per heavy atom. The normalized spacial score (nSPS) is 17.7. The molecule has 2 aliphatic heterocycles. The van der Waals surface area contributed by atoms with Crippen LogP contribution < -0.4 is 20.5 Å². The van der Waals surface area contributed by atoms with Gasteiger partial charge < -0.3 is 5.73 Å². The van der Waals surface area contributed by atoms with Crippen LogP contribution in [0.5, 0.6) is 0 Å². The third kappa shape index (κ3) is 1.91. The summed E-state index contributed by atoms with van der Waals surface area (Å²) in [6.45, 7) is 1.33. The number of carbonyl (C=O) groups is 1. The van der Waals surface area contributed by atoms with E-state index in [0.717, 1.165) is 11.5 Å². The van der Waals surface area contributed by atoms with Crippen molar-refractivity contribution < 1.29 is 14.3 Å². The van der Waals surface area contributed by atoms with Crippen molar-refractivity contribution in [1.82, 2.24) is 0 Å². The van der Waals surface area contributed by atoms with Gasteiger partial charge in [-0.25, -0.2) is 4.57 Å². The largest absolute Gasteiger partial charge is 0.366 e. The molecule has 1 amide bonds. The maximum Gasteiger partial charge on any atom is 0.341 e. The lowest BCUT2D eigenvalue weighted by Crippen LogP contribution is -2.33. The van der Waals surface area contributed by atoms with E-state index in [1.165, 1.54) is 6.07 Å². The highest BCUT2D eigenvalue weighted by Crippen LogP contribution is 2.37. The Bertz CT molecular complexity index is 851. The van der Waals surface area contributed by atoms with E-state index in [0.29, 0.717) is 24.5 Å². The molecule has 3 N–H and O–H groups in total. The molecule has 0 spiro atoms. The molecule has 116 valence electrons. The van der Waals surface area contributed by atoms with Crippen LogP contribution in [0.25, 0.3) is 0 Å². The van der Waals surface area contributed by atoms with Gasteiger partial charge in [0.05, 0.1) is 17.2 Å². The molecule has 1 unspecified atom stereocenters. The highest BCUT2D eigenvalue weighted by Gasteiger charge is 2.45. The number of nitrogens with one attached hydrogen (secondary N) is 1. The molecule has 1 aromatic heterocycles. The highest BCUT2D eigenvalue weighted by molar-refractivity contribution is 5.94. The van der Waals surface area contributed by atoms with Crippen LogP contribution in [0.15, 0.2) is 36.4 Å². The van der Waals surface area contributed by atoms with Gasteiger partial charge in [0.2, 0.25) is 11.7 Å². The van der Waals surface area contributed by atoms with Crippen molar-refractivity contribution >= 4 is 28.9 Å². The average molecular weight is 312 g/mol. The van der Waals surface area contributed by atoms with E-state index < -0.39 is 5.91 Å². The number of hydrogen-bond donors (Lipinski definition) is 2. The minimum atomic E-state index is -0.478. The summed E-state index contributed by atoms with van der Waals surface area (Å²) in [6, 6.07) is 10.5. The van der Waals surface area contributed by atoms with Gasteiger partial charge in [0.1, 0.15) is 12.6 Å². The standard InChI is InChI=1S/C15H13N5O3/c16-14(21)9-2-1-3-10(6-9)18-8-11-7-17-15-12(20(22)23)4-5-13(18)19(11)15/h1-6,11H,7-8H2,(H2,16,21)/p+1. The zero-order valence-corrected chi connectivity index (χ0v) is 12.1. The fraction of sp³-hybridized carbons (Fsp3) is 0.200. The average Bonchev–Trinajstić information content (AvgIpc) is 3.12. The minimum absolute atomic E-state index is 0.0731. The lowest BCUT2D eigenvalue weighted by Gasteiger charge is -2.14. The molecule has 8 nitrogen and oxygen atoms in total. The predicted molar refractivity (Wildman–Crippen MR) is 82.8 cm³/mol. The van der Waals surface area contributed by atoms with Crippen LogP contribution in [-0.4, -0.2) is 23.9 Å². The van der Waals surface area contributed by atoms with Gasteiger partial charge in [0.15, 0.2) is 0 Å². The van der Waals surface area contributed by atoms with Crippen molar-refractivity contribution in [3.05, 3.63) is 52.1 Å². The molecule has 2 aliphatic rings. The number of carbonyl (C=O) groups excluding carboxylic acids is 1. The molecule has 0 bridgehead atoms. The third-order valence-corrected chi connectivity index (χ3v) is 4.30. The van der Waals surface area contributed by atoms with Gasteiger partial charge in [-0.15, -0.1) is 0 Å². The first kappa shape index (κ1) is 13.5. The predicted octanol–water partition coefficient (Wildman–Crippen LogP) is 1.10. The second kappa shape index (κ2) is 4.67. The van der Waals surface area contributed by atoms with E-state index in [1.807, 2.05) is 15.5 Å². The molecule has 23 heavy (non-hydrogen) atoms. The van der Waals surface area contributed by atoms with Crippen LogP contribution in [0.4, 0.5) is 23.0 Å². The van der Waals surface area contributed by atoms with Gasteiger partial charge in [0, 0.05) is 17.7 Å². The molecule has 0 fully saturated rings. The van der Waals surface area contributed by atoms with E-state index in [2.05, 4.69) is 5.32 Å². The molecule has 2 aromatic rings. The number of nitro groups is 1. The zero-order valence-electron chi connectivity index (χ0n) is 12.1. The van der Waals surface area contributed by atoms with Crippen molar-refractivity contribution in [2.45, 2.75) is 6.04 Å². The SMILES string of the molecule is NC(=O)c1cccc(N2CC3CNc4c([N+](=O)[O-])ccc2[n+]43)c1.